The molecule has 5 heteroatoms. The van der Waals surface area contributed by atoms with E-state index in [0.717, 1.165) is 32.2 Å². The average molecular weight is 223 g/mol. The fraction of sp³-hybridized carbons (Fsp3) is 0.889. The molecular weight excluding hydrogens is 204 g/mol. The van der Waals surface area contributed by atoms with Gasteiger partial charge in [0, 0.05) is 6.54 Å². The van der Waals surface area contributed by atoms with Crippen LogP contribution in [0.3, 0.4) is 0 Å². The zero-order chi connectivity index (χ0) is 9.68. The predicted octanol–water partition coefficient (Wildman–Crippen LogP) is 1.44. The molecule has 0 aromatic heterocycles. The molecule has 4 nitrogen and oxygen atoms in total. The van der Waals surface area contributed by atoms with Crippen molar-refractivity contribution in [2.24, 2.45) is 17.6 Å². The first-order valence-corrected chi connectivity index (χ1v) is 4.89. The summed E-state index contributed by atoms with van der Waals surface area (Å²) in [6, 6.07) is 0. The molecule has 0 aromatic carbocycles. The van der Waals surface area contributed by atoms with Crippen molar-refractivity contribution >= 4 is 18.5 Å². The van der Waals surface area contributed by atoms with Crippen LogP contribution in [0.25, 0.3) is 0 Å². The Labute approximate surface area is 90.7 Å². The van der Waals surface area contributed by atoms with Crippen molar-refractivity contribution in [2.45, 2.75) is 25.7 Å². The van der Waals surface area contributed by atoms with Crippen molar-refractivity contribution < 1.29 is 9.90 Å². The topological polar surface area (TPSA) is 75.3 Å². The number of nitrogens with two attached hydrogens (primary N) is 1. The molecule has 0 saturated heterocycles. The van der Waals surface area contributed by atoms with Gasteiger partial charge in [-0.2, -0.15) is 0 Å². The zero-order valence-electron chi connectivity index (χ0n) is 8.24. The molecular formula is C9H19ClN2O2. The molecule has 1 aliphatic carbocycles. The normalized spacial score (nSPS) is 26.4. The van der Waals surface area contributed by atoms with Crippen LogP contribution < -0.4 is 11.1 Å². The third kappa shape index (κ3) is 4.67. The fourth-order valence-corrected chi connectivity index (χ4v) is 1.90. The molecule has 0 atom stereocenters. The van der Waals surface area contributed by atoms with Crippen LogP contribution in [0.15, 0.2) is 0 Å². The number of hydrogen-bond donors (Lipinski definition) is 3. The van der Waals surface area contributed by atoms with Crippen molar-refractivity contribution in [2.75, 3.05) is 13.1 Å². The molecule has 0 heterocycles. The lowest BCUT2D eigenvalue weighted by Gasteiger charge is -2.27. The lowest BCUT2D eigenvalue weighted by molar-refractivity contribution is 0.188. The van der Waals surface area contributed by atoms with Crippen LogP contribution in [0.2, 0.25) is 0 Å². The van der Waals surface area contributed by atoms with Gasteiger partial charge in [-0.15, -0.1) is 12.4 Å². The van der Waals surface area contributed by atoms with E-state index in [1.807, 2.05) is 0 Å². The van der Waals surface area contributed by atoms with Gasteiger partial charge in [-0.25, -0.2) is 4.79 Å². The molecule has 0 radical (unpaired) electrons. The van der Waals surface area contributed by atoms with Crippen LogP contribution in [0.4, 0.5) is 4.79 Å². The highest BCUT2D eigenvalue weighted by Gasteiger charge is 2.20. The van der Waals surface area contributed by atoms with Gasteiger partial charge in [0.15, 0.2) is 0 Å². The molecule has 1 fully saturated rings. The Hall–Kier alpha value is -0.480. The van der Waals surface area contributed by atoms with Crippen LogP contribution in [-0.4, -0.2) is 24.3 Å². The van der Waals surface area contributed by atoms with Gasteiger partial charge in [0.2, 0.25) is 0 Å². The zero-order valence-corrected chi connectivity index (χ0v) is 9.05. The Morgan fingerprint density at radius 1 is 1.29 bits per heavy atom. The highest BCUT2D eigenvalue weighted by Crippen LogP contribution is 2.27. The minimum atomic E-state index is -0.916. The van der Waals surface area contributed by atoms with Gasteiger partial charge in [-0.1, -0.05) is 0 Å². The van der Waals surface area contributed by atoms with Crippen LogP contribution in [0, 0.1) is 11.8 Å². The van der Waals surface area contributed by atoms with Crippen LogP contribution in [0.5, 0.6) is 0 Å². The summed E-state index contributed by atoms with van der Waals surface area (Å²) in [7, 11) is 0. The van der Waals surface area contributed by atoms with Crippen molar-refractivity contribution in [3.63, 3.8) is 0 Å². The van der Waals surface area contributed by atoms with Crippen LogP contribution in [0.1, 0.15) is 25.7 Å². The maximum Gasteiger partial charge on any atom is 0.404 e. The van der Waals surface area contributed by atoms with Crippen molar-refractivity contribution in [1.82, 2.24) is 5.32 Å². The standard InChI is InChI=1S/C9H18N2O2.ClH/c10-5-7-1-3-8(4-2-7)6-11-9(12)13;/h7-8,11H,1-6,10H2,(H,12,13);1H. The lowest BCUT2D eigenvalue weighted by Crippen LogP contribution is -2.31. The summed E-state index contributed by atoms with van der Waals surface area (Å²) in [5.74, 6) is 1.19. The third-order valence-electron chi connectivity index (χ3n) is 2.84. The second-order valence-electron chi connectivity index (χ2n) is 3.81. The van der Waals surface area contributed by atoms with Crippen LogP contribution in [-0.2, 0) is 0 Å². The number of amides is 1. The van der Waals surface area contributed by atoms with Gasteiger partial charge in [0.25, 0.3) is 0 Å². The summed E-state index contributed by atoms with van der Waals surface area (Å²) in [6.45, 7) is 1.38. The van der Waals surface area contributed by atoms with Gasteiger partial charge >= 0.3 is 6.09 Å². The smallest absolute Gasteiger partial charge is 0.404 e. The second-order valence-corrected chi connectivity index (χ2v) is 3.81. The number of carbonyl (C=O) groups is 1. The Kier molecular flexibility index (Phi) is 6.66. The van der Waals surface area contributed by atoms with Gasteiger partial charge in [0.1, 0.15) is 0 Å². The first-order chi connectivity index (χ1) is 6.22. The van der Waals surface area contributed by atoms with E-state index >= 15 is 0 Å². The van der Waals surface area contributed by atoms with Crippen molar-refractivity contribution in [1.29, 1.82) is 0 Å². The largest absolute Gasteiger partial charge is 0.465 e. The maximum absolute atomic E-state index is 10.2. The maximum atomic E-state index is 10.2. The Morgan fingerprint density at radius 3 is 2.21 bits per heavy atom. The van der Waals surface area contributed by atoms with E-state index in [2.05, 4.69) is 5.32 Å². The predicted molar refractivity (Wildman–Crippen MR) is 57.8 cm³/mol. The fourth-order valence-electron chi connectivity index (χ4n) is 1.90. The highest BCUT2D eigenvalue weighted by atomic mass is 35.5. The molecule has 0 unspecified atom stereocenters. The molecule has 4 N–H and O–H groups in total. The first-order valence-electron chi connectivity index (χ1n) is 4.89. The van der Waals surface area contributed by atoms with Crippen molar-refractivity contribution in [3.05, 3.63) is 0 Å². The average Bonchev–Trinajstić information content (AvgIpc) is 2.15. The Morgan fingerprint density at radius 2 is 1.79 bits per heavy atom. The van der Waals surface area contributed by atoms with Gasteiger partial charge in [-0.05, 0) is 44.1 Å². The van der Waals surface area contributed by atoms with E-state index in [1.165, 1.54) is 0 Å². The lowest BCUT2D eigenvalue weighted by atomic mass is 9.82. The number of carboxylic acid groups (broad SMARTS) is 1. The van der Waals surface area contributed by atoms with Gasteiger partial charge < -0.3 is 16.2 Å². The molecule has 84 valence electrons. The third-order valence-corrected chi connectivity index (χ3v) is 2.84. The molecule has 14 heavy (non-hydrogen) atoms. The monoisotopic (exact) mass is 222 g/mol. The van der Waals surface area contributed by atoms with E-state index in [4.69, 9.17) is 10.8 Å². The number of rotatable bonds is 3. The molecule has 1 aliphatic rings. The summed E-state index contributed by atoms with van der Waals surface area (Å²) in [5, 5.41) is 10.8. The number of hydrogen-bond acceptors (Lipinski definition) is 2. The first kappa shape index (κ1) is 13.5. The minimum absolute atomic E-state index is 0. The van der Waals surface area contributed by atoms with E-state index in [-0.39, 0.29) is 12.4 Å². The summed E-state index contributed by atoms with van der Waals surface area (Å²) in [5.41, 5.74) is 5.56. The van der Waals surface area contributed by atoms with E-state index in [0.29, 0.717) is 18.4 Å². The summed E-state index contributed by atoms with van der Waals surface area (Å²) >= 11 is 0. The quantitative estimate of drug-likeness (QED) is 0.677. The SMILES string of the molecule is Cl.NCC1CCC(CNC(=O)O)CC1. The summed E-state index contributed by atoms with van der Waals surface area (Å²) < 4.78 is 0. The van der Waals surface area contributed by atoms with Gasteiger partial charge in [0.05, 0.1) is 0 Å². The van der Waals surface area contributed by atoms with E-state index in [9.17, 15) is 4.79 Å². The summed E-state index contributed by atoms with van der Waals surface area (Å²) in [6.07, 6.45) is 3.62. The minimum Gasteiger partial charge on any atom is -0.465 e. The second kappa shape index (κ2) is 6.90. The van der Waals surface area contributed by atoms with Crippen LogP contribution >= 0.6 is 12.4 Å². The molecule has 1 rings (SSSR count). The molecule has 1 amide bonds. The molecule has 1 saturated carbocycles. The van der Waals surface area contributed by atoms with E-state index in [1.54, 1.807) is 0 Å². The van der Waals surface area contributed by atoms with E-state index < -0.39 is 6.09 Å². The molecule has 0 bridgehead atoms. The van der Waals surface area contributed by atoms with Gasteiger partial charge in [-0.3, -0.25) is 0 Å². The summed E-state index contributed by atoms with van der Waals surface area (Å²) in [4.78, 5) is 10.2. The Balaban J connectivity index is 0.00000169. The molecule has 0 spiro atoms. The Bertz CT molecular complexity index is 170. The number of nitrogens with one attached hydrogen (secondary N) is 1. The highest BCUT2D eigenvalue weighted by molar-refractivity contribution is 5.85. The number of halogens is 1. The van der Waals surface area contributed by atoms with Crippen molar-refractivity contribution in [3.8, 4) is 0 Å². The molecule has 0 aliphatic heterocycles. The molecule has 0 aromatic rings.